The van der Waals surface area contributed by atoms with Gasteiger partial charge in [-0.3, -0.25) is 9.59 Å². The van der Waals surface area contributed by atoms with Crippen LogP contribution in [0.15, 0.2) is 18.2 Å². The predicted octanol–water partition coefficient (Wildman–Crippen LogP) is 2.59. The number of carbonyl (C=O) groups excluding carboxylic acids is 3. The van der Waals surface area contributed by atoms with E-state index in [1.807, 2.05) is 33.8 Å². The Labute approximate surface area is 212 Å². The number of amides is 3. The van der Waals surface area contributed by atoms with Gasteiger partial charge in [0, 0.05) is 19.0 Å². The largest absolute Gasteiger partial charge is 0.508 e. The summed E-state index contributed by atoms with van der Waals surface area (Å²) in [6.07, 6.45) is 2.74. The van der Waals surface area contributed by atoms with Crippen molar-refractivity contribution in [1.82, 2.24) is 15.1 Å². The highest BCUT2D eigenvalue weighted by molar-refractivity contribution is 5.90. The standard InChI is InChI=1S/C27H37N3O6/c1-16(17-5-6-17)28-23(32)22-10-19-9-21(31)8-7-18(19)12-30(22)24(33)20-11-27(35-13-20)14-29(15-27)25(34)36-26(2,3)4/h7-9,16-17,20,22,31H,5-6,10-15H2,1-4H3,(H,28,32)/t16-,20?,22?/m1/s1. The van der Waals surface area contributed by atoms with Crippen molar-refractivity contribution in [2.75, 3.05) is 19.7 Å². The number of aromatic hydroxyl groups is 1. The van der Waals surface area contributed by atoms with E-state index in [9.17, 15) is 19.5 Å². The number of benzene rings is 1. The third-order valence-electron chi connectivity index (χ3n) is 7.77. The third-order valence-corrected chi connectivity index (χ3v) is 7.77. The third kappa shape index (κ3) is 5.03. The molecule has 3 aliphatic heterocycles. The van der Waals surface area contributed by atoms with Crippen molar-refractivity contribution in [3.05, 3.63) is 29.3 Å². The summed E-state index contributed by atoms with van der Waals surface area (Å²) in [4.78, 5) is 42.7. The Bertz CT molecular complexity index is 1060. The van der Waals surface area contributed by atoms with E-state index < -0.39 is 17.2 Å². The van der Waals surface area contributed by atoms with Crippen LogP contribution >= 0.6 is 0 Å². The van der Waals surface area contributed by atoms with Crippen molar-refractivity contribution in [3.8, 4) is 5.75 Å². The lowest BCUT2D eigenvalue weighted by molar-refractivity contribution is -0.145. The van der Waals surface area contributed by atoms with Gasteiger partial charge < -0.3 is 29.7 Å². The zero-order valence-electron chi connectivity index (χ0n) is 21.6. The molecule has 3 amide bonds. The summed E-state index contributed by atoms with van der Waals surface area (Å²) < 4.78 is 11.5. The minimum absolute atomic E-state index is 0.0759. The lowest BCUT2D eigenvalue weighted by atomic mass is 9.85. The summed E-state index contributed by atoms with van der Waals surface area (Å²) in [5.74, 6) is 0.0450. The molecule has 5 rings (SSSR count). The van der Waals surface area contributed by atoms with Crippen LogP contribution in [0.4, 0.5) is 4.79 Å². The number of carbonyl (C=O) groups is 3. The minimum Gasteiger partial charge on any atom is -0.508 e. The fourth-order valence-electron chi connectivity index (χ4n) is 5.63. The fourth-order valence-corrected chi connectivity index (χ4v) is 5.63. The molecule has 2 N–H and O–H groups in total. The molecular formula is C27H37N3O6. The molecule has 2 unspecified atom stereocenters. The van der Waals surface area contributed by atoms with Gasteiger partial charge >= 0.3 is 6.09 Å². The first-order valence-corrected chi connectivity index (χ1v) is 13.0. The molecule has 0 aromatic heterocycles. The number of phenolic OH excluding ortho intramolecular Hbond substituents is 1. The summed E-state index contributed by atoms with van der Waals surface area (Å²) in [6, 6.07) is 4.57. The van der Waals surface area contributed by atoms with E-state index in [1.165, 1.54) is 0 Å². The smallest absolute Gasteiger partial charge is 0.410 e. The Kier molecular flexibility index (Phi) is 6.17. The van der Waals surface area contributed by atoms with Gasteiger partial charge in [0.1, 0.15) is 23.0 Å². The van der Waals surface area contributed by atoms with Crippen molar-refractivity contribution in [3.63, 3.8) is 0 Å². The lowest BCUT2D eigenvalue weighted by Gasteiger charge is -2.47. The quantitative estimate of drug-likeness (QED) is 0.659. The Morgan fingerprint density at radius 2 is 1.92 bits per heavy atom. The van der Waals surface area contributed by atoms with Crippen LogP contribution < -0.4 is 5.32 Å². The number of fused-ring (bicyclic) bond motifs is 1. The summed E-state index contributed by atoms with van der Waals surface area (Å²) in [5, 5.41) is 13.1. The van der Waals surface area contributed by atoms with Crippen LogP contribution in [0.5, 0.6) is 5.75 Å². The van der Waals surface area contributed by atoms with Crippen LogP contribution in [0.1, 0.15) is 58.1 Å². The van der Waals surface area contributed by atoms with Gasteiger partial charge in [-0.05, 0) is 76.1 Å². The molecule has 196 valence electrons. The maximum absolute atomic E-state index is 13.8. The molecule has 1 saturated carbocycles. The summed E-state index contributed by atoms with van der Waals surface area (Å²) in [7, 11) is 0. The molecular weight excluding hydrogens is 462 g/mol. The number of rotatable bonds is 4. The Balaban J connectivity index is 1.27. The molecule has 0 radical (unpaired) electrons. The second-order valence-electron chi connectivity index (χ2n) is 12.0. The Morgan fingerprint density at radius 1 is 1.19 bits per heavy atom. The number of likely N-dealkylation sites (tertiary alicyclic amines) is 1. The monoisotopic (exact) mass is 499 g/mol. The van der Waals surface area contributed by atoms with Gasteiger partial charge in [0.15, 0.2) is 0 Å². The molecule has 1 aromatic rings. The van der Waals surface area contributed by atoms with Crippen molar-refractivity contribution < 1.29 is 29.0 Å². The summed E-state index contributed by atoms with van der Waals surface area (Å²) in [5.41, 5.74) is 0.732. The molecule has 1 aromatic carbocycles. The average Bonchev–Trinajstić information content (AvgIpc) is 3.53. The van der Waals surface area contributed by atoms with Crippen LogP contribution in [0, 0.1) is 11.8 Å². The topological polar surface area (TPSA) is 108 Å². The molecule has 9 nitrogen and oxygen atoms in total. The normalized spacial score (nSPS) is 25.7. The molecule has 1 spiro atoms. The fraction of sp³-hybridized carbons (Fsp3) is 0.667. The molecule has 3 fully saturated rings. The average molecular weight is 500 g/mol. The van der Waals surface area contributed by atoms with E-state index >= 15 is 0 Å². The molecule has 3 atom stereocenters. The van der Waals surface area contributed by atoms with Crippen LogP contribution in [-0.4, -0.2) is 75.8 Å². The Hall–Kier alpha value is -2.81. The van der Waals surface area contributed by atoms with Crippen LogP contribution in [-0.2, 0) is 32.0 Å². The van der Waals surface area contributed by atoms with E-state index in [2.05, 4.69) is 5.32 Å². The molecule has 0 bridgehead atoms. The predicted molar refractivity (Wildman–Crippen MR) is 131 cm³/mol. The zero-order chi connectivity index (χ0) is 25.8. The number of hydrogen-bond donors (Lipinski definition) is 2. The van der Waals surface area contributed by atoms with Gasteiger partial charge in [-0.15, -0.1) is 0 Å². The molecule has 36 heavy (non-hydrogen) atoms. The van der Waals surface area contributed by atoms with Crippen molar-refractivity contribution in [2.45, 2.75) is 83.2 Å². The van der Waals surface area contributed by atoms with Crippen molar-refractivity contribution >= 4 is 17.9 Å². The lowest BCUT2D eigenvalue weighted by Crippen LogP contribution is -2.64. The van der Waals surface area contributed by atoms with E-state index in [0.717, 1.165) is 24.0 Å². The minimum atomic E-state index is -0.635. The molecule has 9 heteroatoms. The van der Waals surface area contributed by atoms with E-state index in [-0.39, 0.29) is 42.2 Å². The second kappa shape index (κ2) is 8.94. The number of hydrogen-bond acceptors (Lipinski definition) is 6. The van der Waals surface area contributed by atoms with Crippen molar-refractivity contribution in [2.24, 2.45) is 11.8 Å². The highest BCUT2D eigenvalue weighted by Gasteiger charge is 2.54. The van der Waals surface area contributed by atoms with Crippen LogP contribution in [0.3, 0.4) is 0 Å². The van der Waals surface area contributed by atoms with E-state index in [0.29, 0.717) is 38.4 Å². The second-order valence-corrected chi connectivity index (χ2v) is 12.0. The van der Waals surface area contributed by atoms with E-state index in [4.69, 9.17) is 9.47 Å². The maximum atomic E-state index is 13.8. The SMILES string of the molecule is C[C@@H](NC(=O)C1Cc2cc(O)ccc2CN1C(=O)C1COC2(C1)CN(C(=O)OC(C)(C)C)C2)C1CC1. The number of nitrogens with one attached hydrogen (secondary N) is 1. The molecule has 1 aliphatic carbocycles. The maximum Gasteiger partial charge on any atom is 0.410 e. The highest BCUT2D eigenvalue weighted by atomic mass is 16.6. The van der Waals surface area contributed by atoms with Crippen LogP contribution in [0.2, 0.25) is 0 Å². The number of nitrogens with zero attached hydrogens (tertiary/aromatic N) is 2. The van der Waals surface area contributed by atoms with Gasteiger partial charge in [-0.2, -0.15) is 0 Å². The van der Waals surface area contributed by atoms with Crippen LogP contribution in [0.25, 0.3) is 0 Å². The first kappa shape index (κ1) is 24.9. The number of ether oxygens (including phenoxy) is 2. The van der Waals surface area contributed by atoms with E-state index in [1.54, 1.807) is 21.9 Å². The summed E-state index contributed by atoms with van der Waals surface area (Å²) >= 11 is 0. The zero-order valence-corrected chi connectivity index (χ0v) is 21.6. The van der Waals surface area contributed by atoms with Gasteiger partial charge in [-0.1, -0.05) is 6.07 Å². The molecule has 2 saturated heterocycles. The highest BCUT2D eigenvalue weighted by Crippen LogP contribution is 2.40. The van der Waals surface area contributed by atoms with Gasteiger partial charge in [0.2, 0.25) is 11.8 Å². The van der Waals surface area contributed by atoms with Gasteiger partial charge in [0.25, 0.3) is 0 Å². The molecule has 3 heterocycles. The summed E-state index contributed by atoms with van der Waals surface area (Å²) in [6.45, 7) is 8.90. The first-order valence-electron chi connectivity index (χ1n) is 13.0. The van der Waals surface area contributed by atoms with Crippen molar-refractivity contribution in [1.29, 1.82) is 0 Å². The van der Waals surface area contributed by atoms with Gasteiger partial charge in [-0.25, -0.2) is 4.79 Å². The first-order chi connectivity index (χ1) is 16.9. The van der Waals surface area contributed by atoms with Gasteiger partial charge in [0.05, 0.1) is 25.6 Å². The molecule has 4 aliphatic rings. The number of phenols is 1. The Morgan fingerprint density at radius 3 is 2.58 bits per heavy atom.